The van der Waals surface area contributed by atoms with E-state index in [0.29, 0.717) is 12.6 Å². The quantitative estimate of drug-likeness (QED) is 0.379. The van der Waals surface area contributed by atoms with E-state index in [1.165, 1.54) is 12.1 Å². The highest BCUT2D eigenvalue weighted by molar-refractivity contribution is 5.78. The average molecular weight is 591 g/mol. The molecule has 2 saturated heterocycles. The van der Waals surface area contributed by atoms with E-state index >= 15 is 0 Å². The first-order chi connectivity index (χ1) is 18.3. The molecule has 0 unspecified atom stereocenters. The Morgan fingerprint density at radius 1 is 1.00 bits per heavy atom. The number of carbonyl (C=O) groups excluding carboxylic acids is 1. The molecule has 2 aliphatic rings. The summed E-state index contributed by atoms with van der Waals surface area (Å²) in [6.45, 7) is 11.1. The van der Waals surface area contributed by atoms with Crippen LogP contribution in [0.25, 0.3) is 0 Å². The van der Waals surface area contributed by atoms with Crippen molar-refractivity contribution in [3.8, 4) is 0 Å². The summed E-state index contributed by atoms with van der Waals surface area (Å²) < 4.78 is 82.1. The summed E-state index contributed by atoms with van der Waals surface area (Å²) in [5.41, 5.74) is 0.742. The molecule has 0 bridgehead atoms. The summed E-state index contributed by atoms with van der Waals surface area (Å²) in [5.74, 6) is -5.45. The van der Waals surface area contributed by atoms with Crippen molar-refractivity contribution in [2.45, 2.75) is 58.6 Å². The summed E-state index contributed by atoms with van der Waals surface area (Å²) in [4.78, 5) is 35.5. The molecule has 40 heavy (non-hydrogen) atoms. The van der Waals surface area contributed by atoms with E-state index in [4.69, 9.17) is 24.5 Å². The minimum absolute atomic E-state index is 0.0169. The summed E-state index contributed by atoms with van der Waals surface area (Å²) in [6.07, 6.45) is -8.29. The van der Waals surface area contributed by atoms with Crippen molar-refractivity contribution in [1.82, 2.24) is 9.80 Å². The van der Waals surface area contributed by atoms with Gasteiger partial charge in [-0.2, -0.15) is 26.3 Å². The number of carbonyl (C=O) groups is 3. The second-order valence-electron chi connectivity index (χ2n) is 9.67. The van der Waals surface area contributed by atoms with Crippen LogP contribution in [0.5, 0.6) is 0 Å². The molecule has 2 atom stereocenters. The van der Waals surface area contributed by atoms with Gasteiger partial charge in [0, 0.05) is 38.1 Å². The number of ether oxygens (including phenoxy) is 1. The van der Waals surface area contributed by atoms with Gasteiger partial charge >= 0.3 is 30.3 Å². The van der Waals surface area contributed by atoms with Crippen LogP contribution in [-0.2, 0) is 25.7 Å². The fourth-order valence-corrected chi connectivity index (χ4v) is 4.54. The van der Waals surface area contributed by atoms with Crippen LogP contribution in [0.2, 0.25) is 0 Å². The summed E-state index contributed by atoms with van der Waals surface area (Å²) in [5, 5.41) is 14.2. The van der Waals surface area contributed by atoms with Gasteiger partial charge in [0.25, 0.3) is 0 Å². The molecular weight excluding hydrogens is 557 g/mol. The van der Waals surface area contributed by atoms with Gasteiger partial charge in [0.1, 0.15) is 5.82 Å². The van der Waals surface area contributed by atoms with E-state index in [1.807, 2.05) is 19.1 Å². The Bertz CT molecular complexity index is 961. The topological polar surface area (TPSA) is 107 Å². The van der Waals surface area contributed by atoms with Crippen LogP contribution in [0.15, 0.2) is 24.3 Å². The average Bonchev–Trinajstić information content (AvgIpc) is 3.11. The molecule has 2 fully saturated rings. The van der Waals surface area contributed by atoms with E-state index in [2.05, 4.69) is 23.6 Å². The van der Waals surface area contributed by atoms with Gasteiger partial charge in [0.2, 0.25) is 0 Å². The molecule has 0 aromatic heterocycles. The lowest BCUT2D eigenvalue weighted by atomic mass is 9.75. The Kier molecular flexibility index (Phi) is 12.8. The Morgan fingerprint density at radius 3 is 1.93 bits per heavy atom. The SMILES string of the molecule is CCOC(=O)[C@]12CCCN(Cc3ccc(F)cc3)C[C@H]1CN(C(C)C)C2.O=C(O)C(F)(F)F.O=C(O)C(F)(F)F. The molecule has 0 aliphatic carbocycles. The lowest BCUT2D eigenvalue weighted by Gasteiger charge is -2.31. The van der Waals surface area contributed by atoms with Gasteiger partial charge in [0.15, 0.2) is 0 Å². The largest absolute Gasteiger partial charge is 0.490 e. The standard InChI is InChI=1S/C21H31FN2O2.2C2HF3O2/c1-4-26-20(25)21-10-5-11-23(12-17-6-8-19(22)9-7-17)13-18(21)14-24(15-21)16(2)3;2*3-2(4,5)1(6)7/h6-9,16,18H,4-5,10-15H2,1-3H3;2*(H,6,7)/t18-,21-;;/m0../s1. The molecule has 0 saturated carbocycles. The molecule has 0 spiro atoms. The molecule has 2 aliphatic heterocycles. The maximum atomic E-state index is 13.2. The van der Waals surface area contributed by atoms with Crippen LogP contribution < -0.4 is 0 Å². The number of aliphatic carboxylic acids is 2. The number of carboxylic acids is 2. The second kappa shape index (κ2) is 14.6. The van der Waals surface area contributed by atoms with Gasteiger partial charge < -0.3 is 14.9 Å². The van der Waals surface area contributed by atoms with Gasteiger partial charge in [-0.05, 0) is 57.9 Å². The van der Waals surface area contributed by atoms with Crippen LogP contribution >= 0.6 is 0 Å². The molecule has 2 N–H and O–H groups in total. The van der Waals surface area contributed by atoms with Crippen LogP contribution in [-0.4, -0.2) is 89.1 Å². The molecular formula is C25H33F7N2O6. The van der Waals surface area contributed by atoms with Gasteiger partial charge in [-0.25, -0.2) is 14.0 Å². The van der Waals surface area contributed by atoms with Gasteiger partial charge in [0.05, 0.1) is 12.0 Å². The van der Waals surface area contributed by atoms with Crippen molar-refractivity contribution < 1.29 is 60.1 Å². The summed E-state index contributed by atoms with van der Waals surface area (Å²) >= 11 is 0. The van der Waals surface area contributed by atoms with E-state index < -0.39 is 24.3 Å². The van der Waals surface area contributed by atoms with Gasteiger partial charge in [-0.15, -0.1) is 0 Å². The molecule has 1 aromatic carbocycles. The molecule has 2 heterocycles. The Balaban J connectivity index is 0.000000473. The number of hydrogen-bond donors (Lipinski definition) is 2. The van der Waals surface area contributed by atoms with Crippen molar-refractivity contribution in [1.29, 1.82) is 0 Å². The lowest BCUT2D eigenvalue weighted by Crippen LogP contribution is -2.42. The molecule has 0 radical (unpaired) electrons. The second-order valence-corrected chi connectivity index (χ2v) is 9.67. The first-order valence-corrected chi connectivity index (χ1v) is 12.3. The number of halogens is 7. The summed E-state index contributed by atoms with van der Waals surface area (Å²) in [6, 6.07) is 7.18. The van der Waals surface area contributed by atoms with Crippen molar-refractivity contribution in [2.75, 3.05) is 32.8 Å². The monoisotopic (exact) mass is 590 g/mol. The molecule has 8 nitrogen and oxygen atoms in total. The number of likely N-dealkylation sites (tertiary alicyclic amines) is 2. The predicted octanol–water partition coefficient (Wildman–Crippen LogP) is 4.58. The molecule has 3 rings (SSSR count). The van der Waals surface area contributed by atoms with Crippen molar-refractivity contribution >= 4 is 17.9 Å². The van der Waals surface area contributed by atoms with E-state index in [1.54, 1.807) is 0 Å². The molecule has 0 amide bonds. The van der Waals surface area contributed by atoms with Crippen LogP contribution in [0.3, 0.4) is 0 Å². The maximum Gasteiger partial charge on any atom is 0.490 e. The zero-order valence-corrected chi connectivity index (χ0v) is 22.2. The number of nitrogens with zero attached hydrogens (tertiary/aromatic N) is 2. The summed E-state index contributed by atoms with van der Waals surface area (Å²) in [7, 11) is 0. The van der Waals surface area contributed by atoms with E-state index in [0.717, 1.165) is 51.1 Å². The normalized spacial score (nSPS) is 21.7. The number of rotatable bonds is 5. The van der Waals surface area contributed by atoms with Gasteiger partial charge in [-0.1, -0.05) is 12.1 Å². The van der Waals surface area contributed by atoms with E-state index in [9.17, 15) is 35.5 Å². The first kappa shape index (κ1) is 35.1. The molecule has 1 aromatic rings. The van der Waals surface area contributed by atoms with Crippen molar-refractivity contribution in [2.24, 2.45) is 11.3 Å². The highest BCUT2D eigenvalue weighted by Gasteiger charge is 2.54. The van der Waals surface area contributed by atoms with Crippen LogP contribution in [0.4, 0.5) is 30.7 Å². The molecule has 15 heteroatoms. The van der Waals surface area contributed by atoms with Crippen molar-refractivity contribution in [3.63, 3.8) is 0 Å². The van der Waals surface area contributed by atoms with Crippen molar-refractivity contribution in [3.05, 3.63) is 35.6 Å². The lowest BCUT2D eigenvalue weighted by molar-refractivity contribution is -0.193. The minimum atomic E-state index is -5.08. The Labute approximate surface area is 226 Å². The molecule has 228 valence electrons. The number of benzene rings is 1. The zero-order valence-electron chi connectivity index (χ0n) is 22.2. The third-order valence-corrected chi connectivity index (χ3v) is 6.51. The third kappa shape index (κ3) is 10.6. The highest BCUT2D eigenvalue weighted by atomic mass is 19.4. The smallest absolute Gasteiger partial charge is 0.475 e. The van der Waals surface area contributed by atoms with E-state index in [-0.39, 0.29) is 23.1 Å². The number of alkyl halides is 6. The highest BCUT2D eigenvalue weighted by Crippen LogP contribution is 2.44. The van der Waals surface area contributed by atoms with Crippen LogP contribution in [0.1, 0.15) is 39.2 Å². The number of carboxylic acid groups (broad SMARTS) is 2. The van der Waals surface area contributed by atoms with Crippen LogP contribution in [0, 0.1) is 17.2 Å². The first-order valence-electron chi connectivity index (χ1n) is 12.3. The maximum absolute atomic E-state index is 13.2. The number of fused-ring (bicyclic) bond motifs is 1. The third-order valence-electron chi connectivity index (χ3n) is 6.51. The number of esters is 1. The minimum Gasteiger partial charge on any atom is -0.475 e. The Morgan fingerprint density at radius 2 is 1.50 bits per heavy atom. The zero-order chi connectivity index (χ0) is 30.9. The van der Waals surface area contributed by atoms with Gasteiger partial charge in [-0.3, -0.25) is 14.6 Å². The number of hydrogen-bond acceptors (Lipinski definition) is 6. The Hall–Kier alpha value is -2.94. The predicted molar refractivity (Wildman–Crippen MR) is 128 cm³/mol. The fraction of sp³-hybridized carbons (Fsp3) is 0.640. The fourth-order valence-electron chi connectivity index (χ4n) is 4.54.